The lowest BCUT2D eigenvalue weighted by atomic mass is 10.2. The molecule has 1 heterocycles. The summed E-state index contributed by atoms with van der Waals surface area (Å²) in [7, 11) is 0. The Morgan fingerprint density at radius 1 is 1.44 bits per heavy atom. The molecule has 0 aromatic carbocycles. The minimum Gasteiger partial charge on any atom is -0.364 e. The van der Waals surface area contributed by atoms with Crippen molar-refractivity contribution in [3.05, 3.63) is 0 Å². The van der Waals surface area contributed by atoms with E-state index in [0.717, 1.165) is 19.1 Å². The number of rotatable bonds is 1. The summed E-state index contributed by atoms with van der Waals surface area (Å²) in [6.45, 7) is 0. The number of hydrogen-bond acceptors (Lipinski definition) is 2. The van der Waals surface area contributed by atoms with E-state index >= 15 is 0 Å². The van der Waals surface area contributed by atoms with Crippen molar-refractivity contribution in [2.24, 2.45) is 0 Å². The molecule has 9 heavy (non-hydrogen) atoms. The van der Waals surface area contributed by atoms with Crippen LogP contribution in [0.1, 0.15) is 25.7 Å². The van der Waals surface area contributed by atoms with Gasteiger partial charge in [-0.15, -0.1) is 0 Å². The second-order valence-electron chi connectivity index (χ2n) is 3.01. The van der Waals surface area contributed by atoms with Crippen molar-refractivity contribution in [2.45, 2.75) is 37.4 Å². The molecule has 1 atom stereocenters. The molecule has 0 radical (unpaired) electrons. The van der Waals surface area contributed by atoms with Gasteiger partial charge >= 0.3 is 0 Å². The summed E-state index contributed by atoms with van der Waals surface area (Å²) in [4.78, 5) is 10.2. The molecule has 1 spiro atoms. The Morgan fingerprint density at radius 2 is 2.22 bits per heavy atom. The van der Waals surface area contributed by atoms with Crippen LogP contribution >= 0.6 is 0 Å². The SMILES string of the molecule is O=C[C@H]1CCC2(CC2)O1. The third-order valence-electron chi connectivity index (χ3n) is 2.25. The Bertz CT molecular complexity index is 138. The van der Waals surface area contributed by atoms with E-state index in [9.17, 15) is 4.79 Å². The highest BCUT2D eigenvalue weighted by Gasteiger charge is 2.49. The Balaban J connectivity index is 2.00. The molecule has 50 valence electrons. The average molecular weight is 126 g/mol. The fourth-order valence-electron chi connectivity index (χ4n) is 1.45. The minimum absolute atomic E-state index is 0.0764. The molecule has 2 nitrogen and oxygen atoms in total. The molecule has 0 unspecified atom stereocenters. The highest BCUT2D eigenvalue weighted by Crippen LogP contribution is 2.48. The summed E-state index contributed by atoms with van der Waals surface area (Å²) >= 11 is 0. The van der Waals surface area contributed by atoms with Gasteiger partial charge in [-0.3, -0.25) is 0 Å². The van der Waals surface area contributed by atoms with Gasteiger partial charge in [-0.1, -0.05) is 0 Å². The molecule has 1 aliphatic heterocycles. The lowest BCUT2D eigenvalue weighted by Gasteiger charge is -2.04. The van der Waals surface area contributed by atoms with Crippen LogP contribution in [0.4, 0.5) is 0 Å². The Labute approximate surface area is 54.2 Å². The maximum atomic E-state index is 10.2. The molecule has 0 bridgehead atoms. The maximum absolute atomic E-state index is 10.2. The van der Waals surface area contributed by atoms with Crippen LogP contribution in [0.3, 0.4) is 0 Å². The largest absolute Gasteiger partial charge is 0.364 e. The van der Waals surface area contributed by atoms with Gasteiger partial charge in [0.15, 0.2) is 0 Å². The zero-order valence-electron chi connectivity index (χ0n) is 5.30. The van der Waals surface area contributed by atoms with Gasteiger partial charge in [-0.2, -0.15) is 0 Å². The van der Waals surface area contributed by atoms with Gasteiger partial charge in [0, 0.05) is 0 Å². The topological polar surface area (TPSA) is 26.3 Å². The third kappa shape index (κ3) is 0.778. The van der Waals surface area contributed by atoms with Gasteiger partial charge in [-0.05, 0) is 25.7 Å². The molecule has 0 amide bonds. The van der Waals surface area contributed by atoms with Crippen LogP contribution in [0, 0.1) is 0 Å². The molecule has 0 aromatic heterocycles. The summed E-state index contributed by atoms with van der Waals surface area (Å²) < 4.78 is 5.44. The van der Waals surface area contributed by atoms with E-state index in [1.807, 2.05) is 0 Å². The number of hydrogen-bond donors (Lipinski definition) is 0. The predicted octanol–water partition coefficient (Wildman–Crippen LogP) is 0.897. The molecule has 2 heteroatoms. The first-order valence-electron chi connectivity index (χ1n) is 3.48. The van der Waals surface area contributed by atoms with E-state index in [2.05, 4.69) is 0 Å². The van der Waals surface area contributed by atoms with Crippen LogP contribution in [0.25, 0.3) is 0 Å². The van der Waals surface area contributed by atoms with Crippen LogP contribution in [0.15, 0.2) is 0 Å². The maximum Gasteiger partial charge on any atom is 0.148 e. The highest BCUT2D eigenvalue weighted by atomic mass is 16.5. The fraction of sp³-hybridized carbons (Fsp3) is 0.857. The van der Waals surface area contributed by atoms with Crippen molar-refractivity contribution in [1.82, 2.24) is 0 Å². The quantitative estimate of drug-likeness (QED) is 0.488. The van der Waals surface area contributed by atoms with Gasteiger partial charge in [0.05, 0.1) is 5.60 Å². The lowest BCUT2D eigenvalue weighted by Crippen LogP contribution is -2.11. The van der Waals surface area contributed by atoms with Crippen LogP contribution in [0.2, 0.25) is 0 Å². The smallest absolute Gasteiger partial charge is 0.148 e. The Morgan fingerprint density at radius 3 is 2.56 bits per heavy atom. The molecule has 1 aliphatic carbocycles. The Kier molecular flexibility index (Phi) is 0.943. The van der Waals surface area contributed by atoms with Crippen molar-refractivity contribution in [3.63, 3.8) is 0 Å². The normalized spacial score (nSPS) is 37.1. The predicted molar refractivity (Wildman–Crippen MR) is 32.1 cm³/mol. The summed E-state index contributed by atoms with van der Waals surface area (Å²) in [5.74, 6) is 0. The molecular weight excluding hydrogens is 116 g/mol. The van der Waals surface area contributed by atoms with Crippen molar-refractivity contribution in [3.8, 4) is 0 Å². The summed E-state index contributed by atoms with van der Waals surface area (Å²) in [5, 5.41) is 0. The van der Waals surface area contributed by atoms with E-state index in [1.165, 1.54) is 12.8 Å². The molecule has 1 saturated carbocycles. The summed E-state index contributed by atoms with van der Waals surface area (Å²) in [5.41, 5.74) is 0.186. The Hall–Kier alpha value is -0.370. The van der Waals surface area contributed by atoms with Crippen LogP contribution in [-0.2, 0) is 9.53 Å². The number of carbonyl (C=O) groups is 1. The van der Waals surface area contributed by atoms with Crippen LogP contribution in [0.5, 0.6) is 0 Å². The molecule has 0 N–H and O–H groups in total. The van der Waals surface area contributed by atoms with Gasteiger partial charge in [0.25, 0.3) is 0 Å². The molecular formula is C7H10O2. The standard InChI is InChI=1S/C7H10O2/c8-5-6-1-2-7(9-6)3-4-7/h5-6H,1-4H2/t6-/m1/s1. The highest BCUT2D eigenvalue weighted by molar-refractivity contribution is 5.56. The second-order valence-corrected chi connectivity index (χ2v) is 3.01. The summed E-state index contributed by atoms with van der Waals surface area (Å²) in [6.07, 6.45) is 5.26. The van der Waals surface area contributed by atoms with Crippen LogP contribution < -0.4 is 0 Å². The molecule has 0 aromatic rings. The molecule has 2 aliphatic rings. The zero-order chi connectivity index (χ0) is 6.32. The molecule has 1 saturated heterocycles. The summed E-state index contributed by atoms with van der Waals surface area (Å²) in [6, 6.07) is 0. The van der Waals surface area contributed by atoms with E-state index in [4.69, 9.17) is 4.74 Å². The fourth-order valence-corrected chi connectivity index (χ4v) is 1.45. The van der Waals surface area contributed by atoms with Gasteiger partial charge in [0.1, 0.15) is 12.4 Å². The van der Waals surface area contributed by atoms with Crippen molar-refractivity contribution in [1.29, 1.82) is 0 Å². The van der Waals surface area contributed by atoms with Gasteiger partial charge in [0.2, 0.25) is 0 Å². The van der Waals surface area contributed by atoms with E-state index < -0.39 is 0 Å². The first-order valence-corrected chi connectivity index (χ1v) is 3.48. The minimum atomic E-state index is -0.0764. The number of ether oxygens (including phenoxy) is 1. The van der Waals surface area contributed by atoms with Crippen LogP contribution in [-0.4, -0.2) is 18.0 Å². The number of carbonyl (C=O) groups excluding carboxylic acids is 1. The van der Waals surface area contributed by atoms with E-state index in [-0.39, 0.29) is 11.7 Å². The first kappa shape index (κ1) is 5.42. The third-order valence-corrected chi connectivity index (χ3v) is 2.25. The average Bonchev–Trinajstić information content (AvgIpc) is 2.44. The van der Waals surface area contributed by atoms with Crippen molar-refractivity contribution < 1.29 is 9.53 Å². The number of aldehydes is 1. The van der Waals surface area contributed by atoms with Crippen molar-refractivity contribution in [2.75, 3.05) is 0 Å². The zero-order valence-corrected chi connectivity index (χ0v) is 5.30. The first-order chi connectivity index (χ1) is 4.35. The van der Waals surface area contributed by atoms with Gasteiger partial charge < -0.3 is 9.53 Å². The van der Waals surface area contributed by atoms with E-state index in [1.54, 1.807) is 0 Å². The lowest BCUT2D eigenvalue weighted by molar-refractivity contribution is -0.118. The molecule has 2 rings (SSSR count). The van der Waals surface area contributed by atoms with Gasteiger partial charge in [-0.25, -0.2) is 0 Å². The second kappa shape index (κ2) is 1.57. The van der Waals surface area contributed by atoms with E-state index in [0.29, 0.717) is 0 Å². The molecule has 2 fully saturated rings. The van der Waals surface area contributed by atoms with Crippen molar-refractivity contribution >= 4 is 6.29 Å². The monoisotopic (exact) mass is 126 g/mol.